The number of morpholine rings is 1. The molecule has 6 rings (SSSR count). The van der Waals surface area contributed by atoms with Gasteiger partial charge in [0, 0.05) is 64.5 Å². The second-order valence-electron chi connectivity index (χ2n) is 12.1. The Labute approximate surface area is 257 Å². The lowest BCUT2D eigenvalue weighted by atomic mass is 9.82. The number of aromatic nitrogens is 5. The van der Waals surface area contributed by atoms with E-state index in [0.717, 1.165) is 92.6 Å². The summed E-state index contributed by atoms with van der Waals surface area (Å²) >= 11 is 0. The number of nitrogens with zero attached hydrogens (tertiary/aromatic N) is 8. The van der Waals surface area contributed by atoms with Crippen LogP contribution in [-0.2, 0) is 14.9 Å². The molecule has 1 aliphatic carbocycles. The van der Waals surface area contributed by atoms with E-state index >= 15 is 0 Å². The number of piperidine rings is 1. The minimum absolute atomic E-state index is 0.0118. The lowest BCUT2D eigenvalue weighted by molar-refractivity contribution is 0.0115. The highest BCUT2D eigenvalue weighted by molar-refractivity contribution is 7.87. The number of rotatable bonds is 9. The first-order valence-electron chi connectivity index (χ1n) is 15.4. The average Bonchev–Trinajstić information content (AvgIpc) is 3.35. The molecule has 1 N–H and O–H groups in total. The van der Waals surface area contributed by atoms with Gasteiger partial charge in [0.05, 0.1) is 36.1 Å². The lowest BCUT2D eigenvalue weighted by Crippen LogP contribution is -2.49. The van der Waals surface area contributed by atoms with Crippen LogP contribution < -0.4 is 14.4 Å². The van der Waals surface area contributed by atoms with E-state index in [1.807, 2.05) is 13.8 Å². The SMILES string of the molecule is CC(C)Oc1nccc(-n2nc(C3CCC3)c3c(N4CCC(N5CCOCC5)CC4)cc(C(=O)NS(=O)(=O)N(C)C)nc32)n1. The van der Waals surface area contributed by atoms with E-state index in [1.165, 1.54) is 14.1 Å². The molecule has 0 unspecified atom stereocenters. The van der Waals surface area contributed by atoms with E-state index in [4.69, 9.17) is 19.6 Å². The molecule has 1 saturated carbocycles. The molecule has 44 heavy (non-hydrogen) atoms. The Hall–Kier alpha value is -3.40. The molecule has 0 bridgehead atoms. The van der Waals surface area contributed by atoms with Gasteiger partial charge in [-0.2, -0.15) is 27.5 Å². The Kier molecular flexibility index (Phi) is 8.72. The minimum atomic E-state index is -4.03. The van der Waals surface area contributed by atoms with E-state index in [2.05, 4.69) is 24.5 Å². The first-order valence-corrected chi connectivity index (χ1v) is 16.8. The third-order valence-corrected chi connectivity index (χ3v) is 10.0. The number of ether oxygens (including phenoxy) is 2. The Morgan fingerprint density at radius 1 is 1.09 bits per heavy atom. The number of pyridine rings is 1. The highest BCUT2D eigenvalue weighted by Crippen LogP contribution is 2.43. The largest absolute Gasteiger partial charge is 0.461 e. The van der Waals surface area contributed by atoms with Gasteiger partial charge in [-0.05, 0) is 45.6 Å². The van der Waals surface area contributed by atoms with Gasteiger partial charge in [-0.25, -0.2) is 14.7 Å². The molecular weight excluding hydrogens is 586 g/mol. The van der Waals surface area contributed by atoms with Crippen LogP contribution in [0, 0.1) is 0 Å². The van der Waals surface area contributed by atoms with Crippen LogP contribution in [0.25, 0.3) is 16.9 Å². The zero-order valence-corrected chi connectivity index (χ0v) is 26.6. The van der Waals surface area contributed by atoms with Crippen molar-refractivity contribution in [2.75, 3.05) is 58.4 Å². The molecule has 3 aliphatic rings. The molecule has 1 amide bonds. The van der Waals surface area contributed by atoms with Crippen LogP contribution in [0.2, 0.25) is 0 Å². The summed E-state index contributed by atoms with van der Waals surface area (Å²) in [6, 6.07) is 4.12. The summed E-state index contributed by atoms with van der Waals surface area (Å²) in [6.45, 7) is 8.77. The molecule has 3 aromatic heterocycles. The number of anilines is 1. The molecule has 2 saturated heterocycles. The Morgan fingerprint density at radius 2 is 1.82 bits per heavy atom. The maximum atomic E-state index is 13.4. The van der Waals surface area contributed by atoms with Crippen LogP contribution in [-0.4, -0.2) is 114 Å². The molecule has 0 atom stereocenters. The van der Waals surface area contributed by atoms with Gasteiger partial charge in [-0.15, -0.1) is 0 Å². The van der Waals surface area contributed by atoms with Gasteiger partial charge in [0.25, 0.3) is 5.91 Å². The first-order chi connectivity index (χ1) is 21.1. The summed E-state index contributed by atoms with van der Waals surface area (Å²) in [5.41, 5.74) is 2.19. The second-order valence-corrected chi connectivity index (χ2v) is 14.0. The fraction of sp³-hybridized carbons (Fsp3) is 0.621. The normalized spacial score (nSPS) is 19.1. The topological polar surface area (TPSA) is 148 Å². The van der Waals surface area contributed by atoms with E-state index in [-0.39, 0.29) is 23.7 Å². The van der Waals surface area contributed by atoms with Crippen LogP contribution in [0.15, 0.2) is 18.3 Å². The Morgan fingerprint density at radius 3 is 2.45 bits per heavy atom. The molecule has 238 valence electrons. The quantitative estimate of drug-likeness (QED) is 0.372. The van der Waals surface area contributed by atoms with Crippen molar-refractivity contribution in [2.45, 2.75) is 64.0 Å². The lowest BCUT2D eigenvalue weighted by Gasteiger charge is -2.41. The maximum absolute atomic E-state index is 13.4. The fourth-order valence-electron chi connectivity index (χ4n) is 6.01. The van der Waals surface area contributed by atoms with Gasteiger partial charge in [0.2, 0.25) is 0 Å². The number of nitrogens with one attached hydrogen (secondary N) is 1. The smallest absolute Gasteiger partial charge is 0.318 e. The second kappa shape index (κ2) is 12.5. The van der Waals surface area contributed by atoms with Crippen molar-refractivity contribution >= 4 is 32.8 Å². The van der Waals surface area contributed by atoms with Crippen molar-refractivity contribution in [3.05, 3.63) is 29.7 Å². The molecule has 3 fully saturated rings. The number of hydrogen-bond donors (Lipinski definition) is 1. The van der Waals surface area contributed by atoms with Gasteiger partial charge in [0.1, 0.15) is 5.69 Å². The third-order valence-electron chi connectivity index (χ3n) is 8.62. The molecule has 15 heteroatoms. The summed E-state index contributed by atoms with van der Waals surface area (Å²) in [4.78, 5) is 31.8. The summed E-state index contributed by atoms with van der Waals surface area (Å²) in [5, 5.41) is 5.92. The standard InChI is InChI=1S/C29H41N9O5S/c1-19(2)43-29-30-11-8-24(32-29)38-27-25(26(33-38)20-6-5-7-20)23(18-22(31-27)28(39)34-44(40,41)35(3)4)37-12-9-21(10-13-37)36-14-16-42-17-15-36/h8,11,18-21H,5-7,9-10,12-17H2,1-4H3,(H,34,39). The average molecular weight is 628 g/mol. The van der Waals surface area contributed by atoms with E-state index in [0.29, 0.717) is 17.5 Å². The van der Waals surface area contributed by atoms with Crippen molar-refractivity contribution < 1.29 is 22.7 Å². The van der Waals surface area contributed by atoms with Gasteiger partial charge >= 0.3 is 16.2 Å². The molecule has 2 aliphatic heterocycles. The van der Waals surface area contributed by atoms with Crippen molar-refractivity contribution in [3.63, 3.8) is 0 Å². The summed E-state index contributed by atoms with van der Waals surface area (Å²) in [5.74, 6) is -0.101. The summed E-state index contributed by atoms with van der Waals surface area (Å²) in [6.07, 6.45) is 6.57. The first kappa shape index (κ1) is 30.6. The predicted octanol–water partition coefficient (Wildman–Crippen LogP) is 2.10. The van der Waals surface area contributed by atoms with Crippen molar-refractivity contribution in [2.24, 2.45) is 0 Å². The van der Waals surface area contributed by atoms with Crippen LogP contribution in [0.3, 0.4) is 0 Å². The van der Waals surface area contributed by atoms with E-state index < -0.39 is 16.1 Å². The number of carbonyl (C=O) groups excluding carboxylic acids is 1. The zero-order valence-electron chi connectivity index (χ0n) is 25.8. The van der Waals surface area contributed by atoms with Crippen molar-refractivity contribution in [1.82, 2.24) is 38.7 Å². The molecule has 0 aromatic carbocycles. The fourth-order valence-corrected chi connectivity index (χ4v) is 6.53. The molecule has 3 aromatic rings. The maximum Gasteiger partial charge on any atom is 0.318 e. The van der Waals surface area contributed by atoms with Crippen LogP contribution in [0.5, 0.6) is 6.01 Å². The predicted molar refractivity (Wildman–Crippen MR) is 165 cm³/mol. The van der Waals surface area contributed by atoms with Crippen molar-refractivity contribution in [3.8, 4) is 11.8 Å². The Bertz CT molecular complexity index is 1610. The van der Waals surface area contributed by atoms with Crippen molar-refractivity contribution in [1.29, 1.82) is 0 Å². The number of hydrogen-bond acceptors (Lipinski definition) is 11. The highest BCUT2D eigenvalue weighted by Gasteiger charge is 2.33. The number of carbonyl (C=O) groups is 1. The minimum Gasteiger partial charge on any atom is -0.461 e. The molecule has 0 radical (unpaired) electrons. The molecular formula is C29H41N9O5S. The van der Waals surface area contributed by atoms with E-state index in [9.17, 15) is 13.2 Å². The van der Waals surface area contributed by atoms with Crippen LogP contribution in [0.4, 0.5) is 5.69 Å². The molecule has 14 nitrogen and oxygen atoms in total. The number of fused-ring (bicyclic) bond motifs is 1. The summed E-state index contributed by atoms with van der Waals surface area (Å²) < 4.78 is 41.2. The highest BCUT2D eigenvalue weighted by atomic mass is 32.2. The van der Waals surface area contributed by atoms with Gasteiger partial charge < -0.3 is 14.4 Å². The summed E-state index contributed by atoms with van der Waals surface area (Å²) in [7, 11) is -1.31. The van der Waals surface area contributed by atoms with Gasteiger partial charge in [-0.3, -0.25) is 9.69 Å². The van der Waals surface area contributed by atoms with Gasteiger partial charge in [0.15, 0.2) is 11.5 Å². The molecule has 5 heterocycles. The zero-order chi connectivity index (χ0) is 31.0. The Balaban J connectivity index is 1.45. The van der Waals surface area contributed by atoms with Gasteiger partial charge in [-0.1, -0.05) is 6.42 Å². The third kappa shape index (κ3) is 6.23. The van der Waals surface area contributed by atoms with E-state index in [1.54, 1.807) is 23.0 Å². The monoisotopic (exact) mass is 627 g/mol. The van der Waals surface area contributed by atoms with Crippen LogP contribution >= 0.6 is 0 Å². The van der Waals surface area contributed by atoms with Crippen LogP contribution in [0.1, 0.15) is 68.1 Å². The number of amides is 1. The molecule has 0 spiro atoms.